The van der Waals surface area contributed by atoms with E-state index < -0.39 is 41.5 Å². The molecule has 3 heterocycles. The lowest BCUT2D eigenvalue weighted by molar-refractivity contribution is -0.141. The number of amides is 3. The van der Waals surface area contributed by atoms with Gasteiger partial charge in [-0.05, 0) is 30.2 Å². The van der Waals surface area contributed by atoms with E-state index in [0.717, 1.165) is 29.4 Å². The number of nitrogens with zero attached hydrogens (tertiary/aromatic N) is 2. The number of fused-ring (bicyclic) bond motifs is 3. The number of nitrogens with two attached hydrogens (primary N) is 1. The normalized spacial score (nSPS) is 23.7. The molecule has 10 heteroatoms. The molecular formula is C35H42N4O6. The number of benzene rings is 2. The van der Waals surface area contributed by atoms with Crippen LogP contribution in [-0.4, -0.2) is 66.2 Å². The van der Waals surface area contributed by atoms with Gasteiger partial charge in [0.05, 0.1) is 31.5 Å². The van der Waals surface area contributed by atoms with E-state index in [1.165, 1.54) is 4.90 Å². The lowest BCUT2D eigenvalue weighted by atomic mass is 9.85. The van der Waals surface area contributed by atoms with E-state index in [9.17, 15) is 14.4 Å². The molecule has 3 amide bonds. The molecule has 0 aliphatic carbocycles. The lowest BCUT2D eigenvalue weighted by Crippen LogP contribution is -2.57. The number of carbonyl (C=O) groups excluding carboxylic acids is 3. The Balaban J connectivity index is 1.62. The maximum Gasteiger partial charge on any atom is 0.407 e. The highest BCUT2D eigenvalue weighted by Gasteiger charge is 2.45. The van der Waals surface area contributed by atoms with Crippen LogP contribution < -0.4 is 20.5 Å². The number of rotatable bonds is 3. The summed E-state index contributed by atoms with van der Waals surface area (Å²) in [5, 5.41) is 3.53. The highest BCUT2D eigenvalue weighted by Crippen LogP contribution is 2.37. The van der Waals surface area contributed by atoms with Crippen molar-refractivity contribution in [2.75, 3.05) is 20.3 Å². The van der Waals surface area contributed by atoms with Gasteiger partial charge in [0.1, 0.15) is 29.7 Å². The maximum atomic E-state index is 14.0. The lowest BCUT2D eigenvalue weighted by Gasteiger charge is -2.34. The van der Waals surface area contributed by atoms with Crippen molar-refractivity contribution in [1.82, 2.24) is 15.2 Å². The first-order valence-electron chi connectivity index (χ1n) is 15.4. The van der Waals surface area contributed by atoms with Crippen molar-refractivity contribution in [3.63, 3.8) is 0 Å². The van der Waals surface area contributed by atoms with Crippen LogP contribution in [0.15, 0.2) is 54.6 Å². The zero-order chi connectivity index (χ0) is 32.3. The van der Waals surface area contributed by atoms with E-state index in [4.69, 9.17) is 24.9 Å². The average Bonchev–Trinajstić information content (AvgIpc) is 3.44. The van der Waals surface area contributed by atoms with Crippen LogP contribution >= 0.6 is 0 Å². The Morgan fingerprint density at radius 1 is 1.13 bits per heavy atom. The smallest absolute Gasteiger partial charge is 0.407 e. The number of nitrogens with one attached hydrogen (secondary N) is 1. The fourth-order valence-corrected chi connectivity index (χ4v) is 5.84. The first-order valence-corrected chi connectivity index (χ1v) is 15.4. The second-order valence-electron chi connectivity index (χ2n) is 13.0. The van der Waals surface area contributed by atoms with Crippen molar-refractivity contribution in [3.8, 4) is 22.8 Å². The van der Waals surface area contributed by atoms with Gasteiger partial charge in [-0.25, -0.2) is 9.78 Å². The molecule has 3 N–H and O–H groups in total. The fraction of sp³-hybridized carbons (Fsp3) is 0.429. The summed E-state index contributed by atoms with van der Waals surface area (Å²) in [7, 11) is 1.63. The predicted octanol–water partition coefficient (Wildman–Crippen LogP) is 5.33. The Morgan fingerprint density at radius 2 is 1.89 bits per heavy atom. The summed E-state index contributed by atoms with van der Waals surface area (Å²) in [5.41, 5.74) is 8.32. The van der Waals surface area contributed by atoms with Crippen LogP contribution in [0.1, 0.15) is 52.5 Å². The van der Waals surface area contributed by atoms with E-state index in [0.29, 0.717) is 22.7 Å². The quantitative estimate of drug-likeness (QED) is 0.408. The van der Waals surface area contributed by atoms with Crippen LogP contribution in [0.25, 0.3) is 28.2 Å². The molecule has 0 radical (unpaired) electrons. The number of aromatic nitrogens is 1. The van der Waals surface area contributed by atoms with Crippen molar-refractivity contribution in [2.45, 2.75) is 65.1 Å². The molecule has 10 nitrogen and oxygen atoms in total. The molecule has 2 aliphatic heterocycles. The Bertz CT molecular complexity index is 1600. The van der Waals surface area contributed by atoms with Crippen molar-refractivity contribution >= 4 is 34.9 Å². The average molecular weight is 615 g/mol. The van der Waals surface area contributed by atoms with Crippen molar-refractivity contribution in [1.29, 1.82) is 0 Å². The Kier molecular flexibility index (Phi) is 9.32. The molecule has 1 aromatic heterocycles. The number of carbonyl (C=O) groups is 3. The molecule has 4 atom stereocenters. The van der Waals surface area contributed by atoms with Gasteiger partial charge in [-0.2, -0.15) is 0 Å². The van der Waals surface area contributed by atoms with Crippen molar-refractivity contribution < 1.29 is 28.6 Å². The highest BCUT2D eigenvalue weighted by molar-refractivity contribution is 5.93. The van der Waals surface area contributed by atoms with Crippen LogP contribution in [0.3, 0.4) is 0 Å². The molecule has 1 fully saturated rings. The van der Waals surface area contributed by atoms with Gasteiger partial charge in [0, 0.05) is 35.1 Å². The zero-order valence-electron chi connectivity index (χ0n) is 26.5. The molecule has 2 aromatic carbocycles. The Hall–Kier alpha value is -4.60. The highest BCUT2D eigenvalue weighted by atomic mass is 16.5. The molecular weight excluding hydrogens is 572 g/mol. The predicted molar refractivity (Wildman–Crippen MR) is 173 cm³/mol. The summed E-state index contributed by atoms with van der Waals surface area (Å²) < 4.78 is 17.9. The third-order valence-electron chi connectivity index (χ3n) is 8.36. The SMILES string of the molecule is COc1cc2nc(-c3ccccc3)cc3c2cc1/C=C/CCC(C)COC(=O)N[C@@H](C(C)(C)C)C(=O)N1C[C@@H](C[C@H]1C(N)=O)O3. The topological polar surface area (TPSA) is 133 Å². The van der Waals surface area contributed by atoms with E-state index >= 15 is 0 Å². The van der Waals surface area contributed by atoms with Gasteiger partial charge in [0.25, 0.3) is 0 Å². The van der Waals surface area contributed by atoms with Crippen LogP contribution in [0.2, 0.25) is 0 Å². The van der Waals surface area contributed by atoms with Gasteiger partial charge in [-0.3, -0.25) is 9.59 Å². The summed E-state index contributed by atoms with van der Waals surface area (Å²) in [6.45, 7) is 7.87. The largest absolute Gasteiger partial charge is 0.496 e. The Morgan fingerprint density at radius 3 is 2.58 bits per heavy atom. The first kappa shape index (κ1) is 31.8. The molecule has 4 bridgehead atoms. The minimum Gasteiger partial charge on any atom is -0.496 e. The second kappa shape index (κ2) is 13.2. The number of alkyl carbamates (subject to hydrolysis) is 1. The zero-order valence-corrected chi connectivity index (χ0v) is 26.5. The van der Waals surface area contributed by atoms with E-state index in [1.807, 2.05) is 82.3 Å². The van der Waals surface area contributed by atoms with Crippen LogP contribution in [-0.2, 0) is 14.3 Å². The standard InChI is InChI=1S/C35H42N4O6/c1-21-11-9-10-14-23-15-25-27(18-29(23)43-5)37-26(22-12-7-6-8-13-22)17-30(25)45-24-16-28(32(36)40)39(19-24)33(41)31(35(2,3)4)38-34(42)44-20-21/h6-8,10,12-15,17-18,21,24,28,31H,9,11,16,19-20H2,1-5H3,(H2,36,40)(H,38,42)/b14-10+/t21?,24-,28+,31-/m1/s1. The molecule has 1 saturated heterocycles. The molecule has 1 unspecified atom stereocenters. The molecule has 5 rings (SSSR count). The molecule has 3 aromatic rings. The molecule has 238 valence electrons. The number of ether oxygens (including phenoxy) is 3. The van der Waals surface area contributed by atoms with Gasteiger partial charge in [0.15, 0.2) is 0 Å². The van der Waals surface area contributed by atoms with Gasteiger partial charge < -0.3 is 30.2 Å². The number of allylic oxidation sites excluding steroid dienone is 1. The number of cyclic esters (lactones) is 1. The van der Waals surface area contributed by atoms with Crippen molar-refractivity contribution in [3.05, 3.63) is 60.2 Å². The molecule has 45 heavy (non-hydrogen) atoms. The second-order valence-corrected chi connectivity index (χ2v) is 13.0. The third-order valence-corrected chi connectivity index (χ3v) is 8.36. The molecule has 0 saturated carbocycles. The van der Waals surface area contributed by atoms with Crippen molar-refractivity contribution in [2.24, 2.45) is 17.1 Å². The summed E-state index contributed by atoms with van der Waals surface area (Å²) >= 11 is 0. The van der Waals surface area contributed by atoms with Gasteiger partial charge >= 0.3 is 6.09 Å². The third kappa shape index (κ3) is 7.21. The minimum absolute atomic E-state index is 0.0870. The Labute approximate surface area is 263 Å². The summed E-state index contributed by atoms with van der Waals surface area (Å²) in [4.78, 5) is 45.9. The van der Waals surface area contributed by atoms with E-state index in [-0.39, 0.29) is 25.5 Å². The van der Waals surface area contributed by atoms with E-state index in [1.54, 1.807) is 7.11 Å². The monoisotopic (exact) mass is 614 g/mol. The number of primary amides is 1. The summed E-state index contributed by atoms with van der Waals surface area (Å²) in [6.07, 6.45) is 4.60. The maximum absolute atomic E-state index is 14.0. The molecule has 2 aliphatic rings. The summed E-state index contributed by atoms with van der Waals surface area (Å²) in [5.74, 6) is 0.271. The van der Waals surface area contributed by atoms with Crippen LogP contribution in [0.4, 0.5) is 4.79 Å². The number of pyridine rings is 1. The minimum atomic E-state index is -0.951. The fourth-order valence-electron chi connectivity index (χ4n) is 5.84. The number of hydrogen-bond acceptors (Lipinski definition) is 7. The summed E-state index contributed by atoms with van der Waals surface area (Å²) in [6, 6.07) is 13.7. The number of hydrogen-bond donors (Lipinski definition) is 2. The van der Waals surface area contributed by atoms with Crippen LogP contribution in [0, 0.1) is 11.3 Å². The van der Waals surface area contributed by atoms with E-state index in [2.05, 4.69) is 11.4 Å². The van der Waals surface area contributed by atoms with Gasteiger partial charge in [-0.1, -0.05) is 70.2 Å². The number of methoxy groups -OCH3 is 1. The van der Waals surface area contributed by atoms with Gasteiger partial charge in [0.2, 0.25) is 11.8 Å². The van der Waals surface area contributed by atoms with Crippen LogP contribution in [0.5, 0.6) is 11.5 Å². The van der Waals surface area contributed by atoms with Gasteiger partial charge in [-0.15, -0.1) is 0 Å². The first-order chi connectivity index (χ1) is 21.4. The molecule has 0 spiro atoms.